The Bertz CT molecular complexity index is 690. The fourth-order valence-corrected chi connectivity index (χ4v) is 1.02. The van der Waals surface area contributed by atoms with Crippen molar-refractivity contribution >= 4 is 0 Å². The smallest absolute Gasteiger partial charge is 0.378 e. The standard InChI is InChI=1S/C10F18O5/c11-1(12)3(15)29-9(25,26)32-7(21,22)5(17,18)31-6(19,20)8(23,24)33-10(27,28)30-4(16)2(13)14. The lowest BCUT2D eigenvalue weighted by Gasteiger charge is -2.33. The van der Waals surface area contributed by atoms with Gasteiger partial charge in [-0.15, -0.1) is 17.6 Å². The molecular formula is C10F18O5. The second-order valence-corrected chi connectivity index (χ2v) is 4.57. The first-order chi connectivity index (χ1) is 14.3. The highest BCUT2D eigenvalue weighted by Crippen LogP contribution is 2.49. The summed E-state index contributed by atoms with van der Waals surface area (Å²) >= 11 is 0. The average Bonchev–Trinajstić information content (AvgIpc) is 2.49. The third-order valence-corrected chi connectivity index (χ3v) is 2.14. The van der Waals surface area contributed by atoms with Crippen LogP contribution in [0, 0.1) is 0 Å². The van der Waals surface area contributed by atoms with Gasteiger partial charge in [0, 0.05) is 0 Å². The van der Waals surface area contributed by atoms with Crippen LogP contribution in [0.3, 0.4) is 0 Å². The monoisotopic (exact) mass is 542 g/mol. The summed E-state index contributed by atoms with van der Waals surface area (Å²) in [5.74, 6) is 0. The van der Waals surface area contributed by atoms with Gasteiger partial charge < -0.3 is 9.47 Å². The van der Waals surface area contributed by atoms with Crippen molar-refractivity contribution < 1.29 is 103 Å². The van der Waals surface area contributed by atoms with E-state index in [1.165, 1.54) is 4.74 Å². The van der Waals surface area contributed by atoms with Crippen molar-refractivity contribution in [3.8, 4) is 0 Å². The van der Waals surface area contributed by atoms with Gasteiger partial charge >= 0.3 is 61.2 Å². The molecule has 23 heteroatoms. The second-order valence-electron chi connectivity index (χ2n) is 4.57. The summed E-state index contributed by atoms with van der Waals surface area (Å²) in [7, 11) is 0. The molecule has 33 heavy (non-hydrogen) atoms. The average molecular weight is 542 g/mol. The minimum Gasteiger partial charge on any atom is -0.378 e. The van der Waals surface area contributed by atoms with E-state index in [1.54, 1.807) is 9.47 Å². The molecule has 0 fully saturated rings. The van der Waals surface area contributed by atoms with Crippen LogP contribution in [0.25, 0.3) is 0 Å². The Morgan fingerprint density at radius 2 is 0.576 bits per heavy atom. The van der Waals surface area contributed by atoms with Gasteiger partial charge in [-0.2, -0.15) is 61.5 Å². The zero-order valence-electron chi connectivity index (χ0n) is 13.8. The molecule has 0 saturated heterocycles. The number of halogens is 18. The van der Waals surface area contributed by atoms with Crippen molar-refractivity contribution in [3.05, 3.63) is 24.2 Å². The van der Waals surface area contributed by atoms with Gasteiger partial charge in [-0.1, -0.05) is 0 Å². The summed E-state index contributed by atoms with van der Waals surface area (Å²) < 4.78 is 234. The summed E-state index contributed by atoms with van der Waals surface area (Å²) in [5.41, 5.74) is 0. The first kappa shape index (κ1) is 30.7. The molecule has 0 aromatic rings. The van der Waals surface area contributed by atoms with Crippen LogP contribution in [0.2, 0.25) is 0 Å². The first-order valence-corrected chi connectivity index (χ1v) is 6.44. The van der Waals surface area contributed by atoms with E-state index in [9.17, 15) is 79.0 Å². The van der Waals surface area contributed by atoms with Crippen molar-refractivity contribution in [2.45, 2.75) is 37.0 Å². The van der Waals surface area contributed by atoms with Gasteiger partial charge in [0.05, 0.1) is 0 Å². The first-order valence-electron chi connectivity index (χ1n) is 6.44. The predicted molar refractivity (Wildman–Crippen MR) is 55.8 cm³/mol. The van der Waals surface area contributed by atoms with Gasteiger partial charge in [0.15, 0.2) is 0 Å². The SMILES string of the molecule is FC(F)=C(F)OC(F)(F)OC(F)(F)C(F)(F)OC(F)(F)C(F)(F)OC(F)(F)OC(F)=C(F)F. The second kappa shape index (κ2) is 9.52. The minimum absolute atomic E-state index is 1.45. The molecule has 5 nitrogen and oxygen atoms in total. The van der Waals surface area contributed by atoms with E-state index < -0.39 is 61.2 Å². The van der Waals surface area contributed by atoms with E-state index in [4.69, 9.17) is 0 Å². The third-order valence-electron chi connectivity index (χ3n) is 2.14. The lowest BCUT2D eigenvalue weighted by molar-refractivity contribution is -0.580. The van der Waals surface area contributed by atoms with Crippen LogP contribution in [0.4, 0.5) is 79.0 Å². The molecule has 0 aliphatic carbocycles. The van der Waals surface area contributed by atoms with Crippen LogP contribution in [0.1, 0.15) is 0 Å². The zero-order valence-corrected chi connectivity index (χ0v) is 13.8. The van der Waals surface area contributed by atoms with Crippen LogP contribution < -0.4 is 0 Å². The molecule has 0 saturated carbocycles. The molecule has 0 bridgehead atoms. The Morgan fingerprint density at radius 1 is 0.364 bits per heavy atom. The van der Waals surface area contributed by atoms with Gasteiger partial charge in [0.25, 0.3) is 0 Å². The van der Waals surface area contributed by atoms with Crippen molar-refractivity contribution in [1.82, 2.24) is 0 Å². The summed E-state index contributed by atoms with van der Waals surface area (Å²) in [5, 5.41) is 0. The molecule has 0 aromatic carbocycles. The predicted octanol–water partition coefficient (Wildman–Crippen LogP) is 6.61. The van der Waals surface area contributed by atoms with Crippen molar-refractivity contribution in [1.29, 1.82) is 0 Å². The van der Waals surface area contributed by atoms with Crippen molar-refractivity contribution in [3.63, 3.8) is 0 Å². The lowest BCUT2D eigenvalue weighted by Crippen LogP contribution is -2.57. The molecule has 0 aliphatic heterocycles. The highest BCUT2D eigenvalue weighted by Gasteiger charge is 2.75. The molecule has 196 valence electrons. The molecule has 0 amide bonds. The highest BCUT2D eigenvalue weighted by molar-refractivity contribution is 4.83. The van der Waals surface area contributed by atoms with Gasteiger partial charge in [-0.05, 0) is 0 Å². The Morgan fingerprint density at radius 3 is 0.788 bits per heavy atom. The highest BCUT2D eigenvalue weighted by atomic mass is 19.4. The Hall–Kier alpha value is -2.30. The largest absolute Gasteiger partial charge is 0.542 e. The van der Waals surface area contributed by atoms with E-state index in [0.29, 0.717) is 0 Å². The number of alkyl halides is 12. The van der Waals surface area contributed by atoms with Gasteiger partial charge in [-0.25, -0.2) is 14.2 Å². The fourth-order valence-electron chi connectivity index (χ4n) is 1.02. The summed E-state index contributed by atoms with van der Waals surface area (Å²) in [6.07, 6.45) is -50.4. The fraction of sp³-hybridized carbons (Fsp3) is 0.600. The lowest BCUT2D eigenvalue weighted by atomic mass is 10.5. The van der Waals surface area contributed by atoms with Crippen molar-refractivity contribution in [2.75, 3.05) is 0 Å². The molecule has 0 rings (SSSR count). The number of hydrogen-bond donors (Lipinski definition) is 0. The van der Waals surface area contributed by atoms with Crippen LogP contribution >= 0.6 is 0 Å². The Balaban J connectivity index is 5.73. The number of hydrogen-bond acceptors (Lipinski definition) is 5. The molecule has 0 unspecified atom stereocenters. The molecule has 0 atom stereocenters. The quantitative estimate of drug-likeness (QED) is 0.158. The Kier molecular flexibility index (Phi) is 8.85. The van der Waals surface area contributed by atoms with E-state index in [2.05, 4.69) is 0 Å². The molecule has 0 radical (unpaired) electrons. The Labute approximate surface area is 165 Å². The topological polar surface area (TPSA) is 46.2 Å². The molecule has 0 N–H and O–H groups in total. The van der Waals surface area contributed by atoms with Crippen LogP contribution in [0.5, 0.6) is 0 Å². The van der Waals surface area contributed by atoms with Gasteiger partial charge in [0.1, 0.15) is 0 Å². The van der Waals surface area contributed by atoms with Crippen LogP contribution in [-0.2, 0) is 23.7 Å². The maximum atomic E-state index is 13.0. The summed E-state index contributed by atoms with van der Waals surface area (Å²) in [6, 6.07) is -7.47. The van der Waals surface area contributed by atoms with E-state index in [1.807, 2.05) is 9.47 Å². The van der Waals surface area contributed by atoms with E-state index in [-0.39, 0.29) is 0 Å². The molecule has 0 heterocycles. The number of ether oxygens (including phenoxy) is 5. The maximum absolute atomic E-state index is 13.0. The van der Waals surface area contributed by atoms with E-state index in [0.717, 1.165) is 0 Å². The maximum Gasteiger partial charge on any atom is 0.542 e. The van der Waals surface area contributed by atoms with Crippen molar-refractivity contribution in [2.24, 2.45) is 0 Å². The molecule has 0 aliphatic rings. The van der Waals surface area contributed by atoms with Crippen LogP contribution in [0.15, 0.2) is 24.2 Å². The normalized spacial score (nSPS) is 14.1. The molecule has 0 aromatic heterocycles. The molecular weight excluding hydrogens is 542 g/mol. The molecule has 0 spiro atoms. The summed E-state index contributed by atoms with van der Waals surface area (Å²) in [6.45, 7) is 0. The van der Waals surface area contributed by atoms with Crippen LogP contribution in [-0.4, -0.2) is 37.0 Å². The third kappa shape index (κ3) is 8.53. The number of rotatable bonds is 12. The minimum atomic E-state index is -7.46. The zero-order chi connectivity index (χ0) is 26.8. The van der Waals surface area contributed by atoms with Gasteiger partial charge in [-0.3, -0.25) is 0 Å². The van der Waals surface area contributed by atoms with Gasteiger partial charge in [0.2, 0.25) is 0 Å². The van der Waals surface area contributed by atoms with E-state index >= 15 is 0 Å². The summed E-state index contributed by atoms with van der Waals surface area (Å²) in [4.78, 5) is 0.